The molecule has 0 bridgehead atoms. The predicted molar refractivity (Wildman–Crippen MR) is 91.9 cm³/mol. The summed E-state index contributed by atoms with van der Waals surface area (Å²) in [7, 11) is 0. The summed E-state index contributed by atoms with van der Waals surface area (Å²) in [4.78, 5) is 17.8. The summed E-state index contributed by atoms with van der Waals surface area (Å²) in [6.45, 7) is 5.68. The molecule has 1 aromatic heterocycles. The largest absolute Gasteiger partial charge is 0.471 e. The van der Waals surface area contributed by atoms with Gasteiger partial charge >= 0.3 is 12.1 Å². The van der Waals surface area contributed by atoms with Crippen molar-refractivity contribution in [1.82, 2.24) is 20.4 Å². The van der Waals surface area contributed by atoms with Gasteiger partial charge in [-0.3, -0.25) is 9.69 Å². The Labute approximate surface area is 158 Å². The van der Waals surface area contributed by atoms with Gasteiger partial charge in [0.1, 0.15) is 5.82 Å². The fourth-order valence-corrected chi connectivity index (χ4v) is 3.25. The number of hydrogen-bond acceptors (Lipinski definition) is 5. The SMILES string of the molecule is CC(CN1CCC[C@@H]1C)NC(=O)c1ccc(-c2noc(C(F)(F)F)n2)c(F)c1. The molecule has 2 heterocycles. The summed E-state index contributed by atoms with van der Waals surface area (Å²) in [6.07, 6.45) is -2.56. The second-order valence-corrected chi connectivity index (χ2v) is 6.98. The minimum absolute atomic E-state index is 0.0575. The van der Waals surface area contributed by atoms with Gasteiger partial charge < -0.3 is 9.84 Å². The van der Waals surface area contributed by atoms with E-state index in [9.17, 15) is 22.4 Å². The van der Waals surface area contributed by atoms with Crippen LogP contribution in [-0.2, 0) is 6.18 Å². The Morgan fingerprint density at radius 1 is 1.43 bits per heavy atom. The quantitative estimate of drug-likeness (QED) is 0.778. The monoisotopic (exact) mass is 400 g/mol. The van der Waals surface area contributed by atoms with Crippen LogP contribution in [0.3, 0.4) is 0 Å². The molecule has 0 aliphatic carbocycles. The zero-order valence-electron chi connectivity index (χ0n) is 15.4. The smallest absolute Gasteiger partial charge is 0.348 e. The molecular formula is C18H20F4N4O2. The van der Waals surface area contributed by atoms with E-state index in [0.29, 0.717) is 12.6 Å². The molecule has 1 aromatic carbocycles. The first-order valence-corrected chi connectivity index (χ1v) is 8.91. The molecule has 28 heavy (non-hydrogen) atoms. The van der Waals surface area contributed by atoms with Crippen molar-refractivity contribution in [2.75, 3.05) is 13.1 Å². The molecule has 1 aliphatic heterocycles. The van der Waals surface area contributed by atoms with Crippen LogP contribution in [-0.4, -0.2) is 46.1 Å². The third-order valence-corrected chi connectivity index (χ3v) is 4.72. The fraction of sp³-hybridized carbons (Fsp3) is 0.500. The van der Waals surface area contributed by atoms with Gasteiger partial charge in [-0.15, -0.1) is 0 Å². The molecule has 10 heteroatoms. The molecule has 1 unspecified atom stereocenters. The molecule has 1 aliphatic rings. The summed E-state index contributed by atoms with van der Waals surface area (Å²) >= 11 is 0. The third-order valence-electron chi connectivity index (χ3n) is 4.72. The Kier molecular flexibility index (Phi) is 5.69. The van der Waals surface area contributed by atoms with E-state index < -0.39 is 29.6 Å². The lowest BCUT2D eigenvalue weighted by Crippen LogP contribution is -2.43. The number of halogens is 4. The Morgan fingerprint density at radius 3 is 2.75 bits per heavy atom. The average Bonchev–Trinajstić information content (AvgIpc) is 3.24. The molecule has 0 spiro atoms. The minimum atomic E-state index is -4.81. The van der Waals surface area contributed by atoms with Crippen molar-refractivity contribution in [3.05, 3.63) is 35.5 Å². The molecule has 3 rings (SSSR count). The van der Waals surface area contributed by atoms with Crippen molar-refractivity contribution in [3.63, 3.8) is 0 Å². The number of carbonyl (C=O) groups is 1. The molecule has 1 fully saturated rings. The van der Waals surface area contributed by atoms with Gasteiger partial charge in [-0.05, 0) is 51.4 Å². The molecule has 152 valence electrons. The highest BCUT2D eigenvalue weighted by atomic mass is 19.4. The summed E-state index contributed by atoms with van der Waals surface area (Å²) in [6, 6.07) is 3.74. The Morgan fingerprint density at radius 2 is 2.18 bits per heavy atom. The van der Waals surface area contributed by atoms with Gasteiger partial charge in [0.15, 0.2) is 0 Å². The number of carbonyl (C=O) groups excluding carboxylic acids is 1. The number of hydrogen-bond donors (Lipinski definition) is 1. The normalized spacial score (nSPS) is 19.0. The van der Waals surface area contributed by atoms with Gasteiger partial charge in [0.25, 0.3) is 5.91 Å². The highest BCUT2D eigenvalue weighted by Crippen LogP contribution is 2.30. The van der Waals surface area contributed by atoms with Gasteiger partial charge in [0.05, 0.1) is 5.56 Å². The maximum absolute atomic E-state index is 14.3. The van der Waals surface area contributed by atoms with Crippen LogP contribution in [0, 0.1) is 5.82 Å². The maximum atomic E-state index is 14.3. The third kappa shape index (κ3) is 4.49. The number of nitrogens with zero attached hydrogens (tertiary/aromatic N) is 3. The van der Waals surface area contributed by atoms with E-state index in [4.69, 9.17) is 0 Å². The van der Waals surface area contributed by atoms with E-state index in [1.54, 1.807) is 0 Å². The van der Waals surface area contributed by atoms with E-state index >= 15 is 0 Å². The van der Waals surface area contributed by atoms with Crippen molar-refractivity contribution in [3.8, 4) is 11.4 Å². The van der Waals surface area contributed by atoms with Gasteiger partial charge in [-0.2, -0.15) is 18.2 Å². The van der Waals surface area contributed by atoms with Gasteiger partial charge in [0, 0.05) is 24.2 Å². The first-order valence-electron chi connectivity index (χ1n) is 8.91. The number of aromatic nitrogens is 2. The lowest BCUT2D eigenvalue weighted by molar-refractivity contribution is -0.159. The zero-order chi connectivity index (χ0) is 20.5. The van der Waals surface area contributed by atoms with Crippen molar-refractivity contribution in [2.24, 2.45) is 0 Å². The van der Waals surface area contributed by atoms with Crippen LogP contribution in [0.15, 0.2) is 22.7 Å². The number of nitrogens with one attached hydrogen (secondary N) is 1. The maximum Gasteiger partial charge on any atom is 0.471 e. The number of likely N-dealkylation sites (tertiary alicyclic amines) is 1. The van der Waals surface area contributed by atoms with E-state index in [1.807, 2.05) is 6.92 Å². The van der Waals surface area contributed by atoms with Crippen LogP contribution < -0.4 is 5.32 Å². The number of alkyl halides is 3. The summed E-state index contributed by atoms with van der Waals surface area (Å²) in [5.41, 5.74) is -0.225. The van der Waals surface area contributed by atoms with Gasteiger partial charge in [-0.1, -0.05) is 5.16 Å². The second kappa shape index (κ2) is 7.86. The molecule has 0 radical (unpaired) electrons. The van der Waals surface area contributed by atoms with Crippen LogP contribution in [0.25, 0.3) is 11.4 Å². The highest BCUT2D eigenvalue weighted by molar-refractivity contribution is 5.94. The van der Waals surface area contributed by atoms with Crippen LogP contribution in [0.5, 0.6) is 0 Å². The van der Waals surface area contributed by atoms with E-state index in [1.165, 1.54) is 6.07 Å². The standard InChI is InChI=1S/C18H20F4N4O2/c1-10(9-26-7-3-4-11(26)2)23-16(27)12-5-6-13(14(19)8-12)15-24-17(28-25-15)18(20,21)22/h5-6,8,10-11H,3-4,7,9H2,1-2H3,(H,23,27)/t10?,11-/m0/s1. The van der Waals surface area contributed by atoms with Crippen molar-refractivity contribution < 1.29 is 26.9 Å². The Hall–Kier alpha value is -2.49. The van der Waals surface area contributed by atoms with Crippen LogP contribution in [0.4, 0.5) is 17.6 Å². The molecule has 0 saturated carbocycles. The molecule has 2 aromatic rings. The minimum Gasteiger partial charge on any atom is -0.348 e. The van der Waals surface area contributed by atoms with Crippen LogP contribution >= 0.6 is 0 Å². The molecule has 1 amide bonds. The zero-order valence-corrected chi connectivity index (χ0v) is 15.4. The van der Waals surface area contributed by atoms with Crippen molar-refractivity contribution in [2.45, 2.75) is 44.9 Å². The average molecular weight is 400 g/mol. The molecule has 1 saturated heterocycles. The Balaban J connectivity index is 1.67. The first kappa shape index (κ1) is 20.2. The number of amides is 1. The van der Waals surface area contributed by atoms with E-state index in [-0.39, 0.29) is 17.2 Å². The first-order chi connectivity index (χ1) is 13.1. The van der Waals surface area contributed by atoms with Crippen LogP contribution in [0.1, 0.15) is 42.9 Å². The predicted octanol–water partition coefficient (Wildman–Crippen LogP) is 3.50. The fourth-order valence-electron chi connectivity index (χ4n) is 3.25. The topological polar surface area (TPSA) is 71.3 Å². The van der Waals surface area contributed by atoms with Crippen molar-refractivity contribution >= 4 is 5.91 Å². The molecule has 1 N–H and O–H groups in total. The Bertz CT molecular complexity index is 852. The molecule has 2 atom stereocenters. The molecular weight excluding hydrogens is 380 g/mol. The van der Waals surface area contributed by atoms with Gasteiger partial charge in [0.2, 0.25) is 5.82 Å². The summed E-state index contributed by atoms with van der Waals surface area (Å²) in [5, 5.41) is 5.96. The van der Waals surface area contributed by atoms with E-state index in [0.717, 1.165) is 31.5 Å². The van der Waals surface area contributed by atoms with E-state index in [2.05, 4.69) is 31.8 Å². The lowest BCUT2D eigenvalue weighted by Gasteiger charge is -2.25. The summed E-state index contributed by atoms with van der Waals surface area (Å²) in [5.74, 6) is -3.47. The highest BCUT2D eigenvalue weighted by Gasteiger charge is 2.38. The number of benzene rings is 1. The van der Waals surface area contributed by atoms with Crippen molar-refractivity contribution in [1.29, 1.82) is 0 Å². The number of rotatable bonds is 5. The molecule has 6 nitrogen and oxygen atoms in total. The second-order valence-electron chi connectivity index (χ2n) is 6.98. The summed E-state index contributed by atoms with van der Waals surface area (Å²) < 4.78 is 56.0. The lowest BCUT2D eigenvalue weighted by atomic mass is 10.1. The van der Waals surface area contributed by atoms with Crippen LogP contribution in [0.2, 0.25) is 0 Å². The van der Waals surface area contributed by atoms with Gasteiger partial charge in [-0.25, -0.2) is 4.39 Å².